The molecule has 0 spiro atoms. The number of piperidine rings is 1. The molecule has 26 heavy (non-hydrogen) atoms. The molecule has 1 N–H and O–H groups in total. The quantitative estimate of drug-likeness (QED) is 0.748. The molecule has 2 aliphatic heterocycles. The summed E-state index contributed by atoms with van der Waals surface area (Å²) in [5.74, 6) is 0.165. The highest BCUT2D eigenvalue weighted by Gasteiger charge is 2.29. The number of rotatable bonds is 2. The zero-order valence-corrected chi connectivity index (χ0v) is 15.6. The highest BCUT2D eigenvalue weighted by atomic mass is 32.1. The minimum absolute atomic E-state index is 0.165. The van der Waals surface area contributed by atoms with E-state index in [-0.39, 0.29) is 5.91 Å². The van der Waals surface area contributed by atoms with E-state index in [9.17, 15) is 4.79 Å². The lowest BCUT2D eigenvalue weighted by Crippen LogP contribution is -2.47. The van der Waals surface area contributed by atoms with Crippen LogP contribution in [0.15, 0.2) is 41.9 Å². The second kappa shape index (κ2) is 6.56. The summed E-state index contributed by atoms with van der Waals surface area (Å²) in [6.07, 6.45) is 5.26. The maximum atomic E-state index is 12.9. The monoisotopic (exact) mass is 365 g/mol. The molecule has 4 heterocycles. The van der Waals surface area contributed by atoms with Crippen molar-refractivity contribution in [2.24, 2.45) is 0 Å². The predicted octanol–water partition coefficient (Wildman–Crippen LogP) is 3.89. The summed E-state index contributed by atoms with van der Waals surface area (Å²) in [4.78, 5) is 22.3. The molecular formula is C21H23N3OS. The summed E-state index contributed by atoms with van der Waals surface area (Å²) in [7, 11) is 0. The highest BCUT2D eigenvalue weighted by molar-refractivity contribution is 7.10. The van der Waals surface area contributed by atoms with Crippen LogP contribution in [0.5, 0.6) is 0 Å². The summed E-state index contributed by atoms with van der Waals surface area (Å²) in [5, 5.41) is 3.37. The van der Waals surface area contributed by atoms with Gasteiger partial charge in [-0.3, -0.25) is 9.69 Å². The molecule has 2 aromatic heterocycles. The lowest BCUT2D eigenvalue weighted by atomic mass is 9.99. The molecule has 3 aromatic rings. The highest BCUT2D eigenvalue weighted by Crippen LogP contribution is 2.28. The van der Waals surface area contributed by atoms with Crippen molar-refractivity contribution in [3.8, 4) is 0 Å². The normalized spacial score (nSPS) is 19.0. The smallest absolute Gasteiger partial charge is 0.253 e. The molecule has 134 valence electrons. The van der Waals surface area contributed by atoms with E-state index in [0.717, 1.165) is 55.5 Å². The van der Waals surface area contributed by atoms with Crippen molar-refractivity contribution in [2.75, 3.05) is 19.6 Å². The van der Waals surface area contributed by atoms with Crippen LogP contribution in [0.2, 0.25) is 0 Å². The average Bonchev–Trinajstić information content (AvgIpc) is 3.35. The number of amides is 1. The minimum Gasteiger partial charge on any atom is -0.361 e. The molecule has 1 fully saturated rings. The van der Waals surface area contributed by atoms with E-state index >= 15 is 0 Å². The fourth-order valence-electron chi connectivity index (χ4n) is 4.38. The molecule has 2 aliphatic rings. The number of nitrogens with one attached hydrogen (secondary N) is 1. The molecule has 0 saturated carbocycles. The van der Waals surface area contributed by atoms with Crippen LogP contribution in [0.1, 0.15) is 33.6 Å². The lowest BCUT2D eigenvalue weighted by molar-refractivity contribution is 0.0600. The Kier molecular flexibility index (Phi) is 4.06. The number of carbonyl (C=O) groups excluding carboxylic acids is 1. The molecule has 0 atom stereocenters. The zero-order valence-electron chi connectivity index (χ0n) is 14.8. The van der Waals surface area contributed by atoms with E-state index in [1.54, 1.807) is 4.88 Å². The number of aromatic amines is 1. The summed E-state index contributed by atoms with van der Waals surface area (Å²) >= 11 is 1.90. The van der Waals surface area contributed by atoms with Gasteiger partial charge in [0.25, 0.3) is 5.91 Å². The van der Waals surface area contributed by atoms with Crippen molar-refractivity contribution in [3.05, 3.63) is 57.9 Å². The summed E-state index contributed by atoms with van der Waals surface area (Å²) in [5.41, 5.74) is 3.34. The Hall–Kier alpha value is -2.11. The summed E-state index contributed by atoms with van der Waals surface area (Å²) in [6.45, 7) is 3.97. The molecule has 1 aromatic carbocycles. The van der Waals surface area contributed by atoms with Crippen molar-refractivity contribution in [3.63, 3.8) is 0 Å². The first-order valence-electron chi connectivity index (χ1n) is 9.43. The van der Waals surface area contributed by atoms with Gasteiger partial charge in [-0.15, -0.1) is 11.3 Å². The van der Waals surface area contributed by atoms with Gasteiger partial charge in [0.2, 0.25) is 0 Å². The van der Waals surface area contributed by atoms with Gasteiger partial charge in [0.1, 0.15) is 0 Å². The Morgan fingerprint density at radius 1 is 1.12 bits per heavy atom. The second-order valence-corrected chi connectivity index (χ2v) is 8.39. The van der Waals surface area contributed by atoms with Crippen LogP contribution >= 0.6 is 11.3 Å². The number of H-pyrrole nitrogens is 1. The number of hydrogen-bond donors (Lipinski definition) is 1. The Balaban J connectivity index is 1.23. The Morgan fingerprint density at radius 2 is 2.00 bits per heavy atom. The molecule has 0 aliphatic carbocycles. The zero-order chi connectivity index (χ0) is 17.5. The van der Waals surface area contributed by atoms with Gasteiger partial charge < -0.3 is 9.88 Å². The molecule has 1 saturated heterocycles. The third kappa shape index (κ3) is 2.85. The van der Waals surface area contributed by atoms with Crippen molar-refractivity contribution in [1.82, 2.24) is 14.8 Å². The first-order chi connectivity index (χ1) is 12.8. The van der Waals surface area contributed by atoms with Crippen LogP contribution in [0.25, 0.3) is 10.9 Å². The van der Waals surface area contributed by atoms with E-state index in [1.807, 2.05) is 46.7 Å². The molecule has 4 nitrogen and oxygen atoms in total. The van der Waals surface area contributed by atoms with Crippen molar-refractivity contribution in [1.29, 1.82) is 0 Å². The number of thiophene rings is 1. The van der Waals surface area contributed by atoms with Gasteiger partial charge in [-0.1, -0.05) is 6.07 Å². The lowest BCUT2D eigenvalue weighted by Gasteiger charge is -2.40. The van der Waals surface area contributed by atoms with Gasteiger partial charge in [0.15, 0.2) is 0 Å². The Labute approximate surface area is 157 Å². The predicted molar refractivity (Wildman–Crippen MR) is 106 cm³/mol. The van der Waals surface area contributed by atoms with Gasteiger partial charge in [0, 0.05) is 54.4 Å². The fourth-order valence-corrected chi connectivity index (χ4v) is 5.27. The van der Waals surface area contributed by atoms with E-state index < -0.39 is 0 Å². The third-order valence-electron chi connectivity index (χ3n) is 5.91. The Morgan fingerprint density at radius 3 is 2.88 bits per heavy atom. The standard InChI is InChI=1S/C21H23N3OS/c25-21(16-2-1-15-3-8-22-19(15)13-16)23-9-4-18(5-10-23)24-11-6-20-17(14-24)7-12-26-20/h1-3,7-8,12-13,18,22H,4-6,9-11,14H2. The van der Waals surface area contributed by atoms with Crippen LogP contribution in [0, 0.1) is 0 Å². The average molecular weight is 366 g/mol. The molecule has 1 amide bonds. The molecule has 5 heteroatoms. The van der Waals surface area contributed by atoms with Crippen LogP contribution in [-0.2, 0) is 13.0 Å². The van der Waals surface area contributed by atoms with E-state index in [1.165, 1.54) is 12.0 Å². The molecule has 0 radical (unpaired) electrons. The molecule has 0 bridgehead atoms. The maximum absolute atomic E-state index is 12.9. The van der Waals surface area contributed by atoms with Gasteiger partial charge in [-0.2, -0.15) is 0 Å². The van der Waals surface area contributed by atoms with E-state index in [0.29, 0.717) is 6.04 Å². The number of hydrogen-bond acceptors (Lipinski definition) is 3. The minimum atomic E-state index is 0.165. The number of fused-ring (bicyclic) bond motifs is 2. The summed E-state index contributed by atoms with van der Waals surface area (Å²) in [6, 6.07) is 10.9. The first kappa shape index (κ1) is 16.1. The SMILES string of the molecule is O=C(c1ccc2cc[nH]c2c1)N1CCC(N2CCc3sccc3C2)CC1. The van der Waals surface area contributed by atoms with E-state index in [4.69, 9.17) is 0 Å². The topological polar surface area (TPSA) is 39.3 Å². The summed E-state index contributed by atoms with van der Waals surface area (Å²) < 4.78 is 0. The molecular weight excluding hydrogens is 342 g/mol. The van der Waals surface area contributed by atoms with Gasteiger partial charge in [0.05, 0.1) is 0 Å². The van der Waals surface area contributed by atoms with Gasteiger partial charge in [-0.25, -0.2) is 0 Å². The van der Waals surface area contributed by atoms with Gasteiger partial charge >= 0.3 is 0 Å². The number of nitrogens with zero attached hydrogens (tertiary/aromatic N) is 2. The number of aromatic nitrogens is 1. The first-order valence-corrected chi connectivity index (χ1v) is 10.3. The number of benzene rings is 1. The van der Waals surface area contributed by atoms with Crippen molar-refractivity contribution in [2.45, 2.75) is 31.8 Å². The number of likely N-dealkylation sites (tertiary alicyclic amines) is 1. The van der Waals surface area contributed by atoms with Crippen LogP contribution in [0.4, 0.5) is 0 Å². The molecule has 5 rings (SSSR count). The molecule has 0 unspecified atom stereocenters. The number of carbonyl (C=O) groups is 1. The maximum Gasteiger partial charge on any atom is 0.253 e. The second-order valence-electron chi connectivity index (χ2n) is 7.39. The van der Waals surface area contributed by atoms with Crippen molar-refractivity contribution >= 4 is 28.1 Å². The Bertz CT molecular complexity index is 936. The van der Waals surface area contributed by atoms with Crippen LogP contribution in [0.3, 0.4) is 0 Å². The third-order valence-corrected chi connectivity index (χ3v) is 6.93. The van der Waals surface area contributed by atoms with Crippen LogP contribution < -0.4 is 0 Å². The largest absolute Gasteiger partial charge is 0.361 e. The van der Waals surface area contributed by atoms with E-state index in [2.05, 4.69) is 21.3 Å². The fraction of sp³-hybridized carbons (Fsp3) is 0.381. The van der Waals surface area contributed by atoms with Crippen molar-refractivity contribution < 1.29 is 4.79 Å². The van der Waals surface area contributed by atoms with Gasteiger partial charge in [-0.05, 0) is 59.9 Å². The van der Waals surface area contributed by atoms with Crippen LogP contribution in [-0.4, -0.2) is 46.4 Å².